The Morgan fingerprint density at radius 2 is 2.00 bits per heavy atom. The number of carbonyl (C=O) groups excluding carboxylic acids is 1. The molecule has 0 bridgehead atoms. The zero-order valence-corrected chi connectivity index (χ0v) is 19.8. The molecule has 1 aromatic heterocycles. The van der Waals surface area contributed by atoms with Crippen molar-refractivity contribution < 1.29 is 4.79 Å². The van der Waals surface area contributed by atoms with E-state index in [9.17, 15) is 4.79 Å². The van der Waals surface area contributed by atoms with Gasteiger partial charge in [-0.05, 0) is 50.9 Å². The molecule has 2 heterocycles. The van der Waals surface area contributed by atoms with Crippen LogP contribution in [0.15, 0.2) is 18.2 Å². The van der Waals surface area contributed by atoms with Crippen LogP contribution in [0.2, 0.25) is 19.6 Å². The molecule has 5 nitrogen and oxygen atoms in total. The minimum Gasteiger partial charge on any atom is -0.362 e. The first-order chi connectivity index (χ1) is 13.7. The number of hydrogen-bond donors (Lipinski definition) is 2. The number of aromatic nitrogens is 1. The van der Waals surface area contributed by atoms with Gasteiger partial charge in [-0.15, -0.1) is 0 Å². The van der Waals surface area contributed by atoms with Crippen molar-refractivity contribution in [1.29, 1.82) is 0 Å². The van der Waals surface area contributed by atoms with Crippen molar-refractivity contribution in [2.75, 3.05) is 26.7 Å². The lowest BCUT2D eigenvalue weighted by atomic mass is 9.74. The maximum Gasteiger partial charge on any atom is 0.317 e. The van der Waals surface area contributed by atoms with Gasteiger partial charge >= 0.3 is 6.03 Å². The number of nitrogens with zero attached hydrogens (tertiary/aromatic N) is 2. The number of H-pyrrole nitrogens is 1. The molecule has 3 atom stereocenters. The van der Waals surface area contributed by atoms with Crippen molar-refractivity contribution >= 4 is 30.3 Å². The second kappa shape index (κ2) is 7.47. The maximum absolute atomic E-state index is 12.6. The van der Waals surface area contributed by atoms with Crippen LogP contribution in [0.3, 0.4) is 0 Å². The van der Waals surface area contributed by atoms with E-state index >= 15 is 0 Å². The summed E-state index contributed by atoms with van der Waals surface area (Å²) in [7, 11) is 0.793. The van der Waals surface area contributed by atoms with Gasteiger partial charge in [-0.3, -0.25) is 0 Å². The molecule has 1 fully saturated rings. The number of likely N-dealkylation sites (N-methyl/N-ethyl adjacent to an activating group) is 1. The molecule has 158 valence electrons. The summed E-state index contributed by atoms with van der Waals surface area (Å²) in [4.78, 5) is 20.8. The highest BCUT2D eigenvalue weighted by Crippen LogP contribution is 2.43. The Kier molecular flexibility index (Phi) is 5.28. The van der Waals surface area contributed by atoms with Crippen molar-refractivity contribution in [3.8, 4) is 0 Å². The summed E-state index contributed by atoms with van der Waals surface area (Å²) < 4.78 is 0. The smallest absolute Gasteiger partial charge is 0.317 e. The number of hydrogen-bond acceptors (Lipinski definition) is 2. The largest absolute Gasteiger partial charge is 0.362 e. The topological polar surface area (TPSA) is 51.4 Å². The Morgan fingerprint density at radius 3 is 2.66 bits per heavy atom. The van der Waals surface area contributed by atoms with Crippen LogP contribution >= 0.6 is 0 Å². The SMILES string of the molecule is CCN(CC)C(=O)N[C@H]1C[C@@H]2c3cccc4[nH]c([Si](C)(C)C)c(c34)C[C@H]2N(C)C1. The van der Waals surface area contributed by atoms with E-state index in [-0.39, 0.29) is 12.1 Å². The van der Waals surface area contributed by atoms with E-state index in [0.717, 1.165) is 32.5 Å². The quantitative estimate of drug-likeness (QED) is 0.756. The van der Waals surface area contributed by atoms with Crippen LogP contribution < -0.4 is 10.6 Å². The Bertz CT molecular complexity index is 911. The summed E-state index contributed by atoms with van der Waals surface area (Å²) in [6.07, 6.45) is 2.14. The predicted octanol–water partition coefficient (Wildman–Crippen LogP) is 3.48. The number of nitrogens with one attached hydrogen (secondary N) is 2. The van der Waals surface area contributed by atoms with Crippen LogP contribution in [0.4, 0.5) is 4.79 Å². The Morgan fingerprint density at radius 1 is 1.28 bits per heavy atom. The Hall–Kier alpha value is -1.79. The van der Waals surface area contributed by atoms with E-state index in [0.29, 0.717) is 12.0 Å². The molecular weight excluding hydrogens is 376 g/mol. The van der Waals surface area contributed by atoms with Crippen LogP contribution in [-0.2, 0) is 6.42 Å². The van der Waals surface area contributed by atoms with E-state index in [1.165, 1.54) is 21.8 Å². The van der Waals surface area contributed by atoms with Crippen molar-refractivity contribution in [2.45, 2.75) is 64.3 Å². The number of carbonyl (C=O) groups is 1. The summed E-state index contributed by atoms with van der Waals surface area (Å²) in [6.45, 7) is 13.8. The molecule has 4 rings (SSSR count). The maximum atomic E-state index is 12.6. The summed E-state index contributed by atoms with van der Waals surface area (Å²) in [6, 6.07) is 7.55. The molecule has 6 heteroatoms. The number of piperidine rings is 1. The summed E-state index contributed by atoms with van der Waals surface area (Å²) >= 11 is 0. The van der Waals surface area contributed by atoms with Crippen molar-refractivity contribution in [3.05, 3.63) is 29.3 Å². The standard InChI is InChI=1S/C23H36N4OSi/c1-7-27(8-2)23(28)24-15-12-17-16-10-9-11-19-21(16)18(13-20(17)26(3)14-15)22(25-19)29(4,5)6/h9-11,15,17,20,25H,7-8,12-14H2,1-6H3,(H,24,28)/t15-,17+,20+/m0/s1. The van der Waals surface area contributed by atoms with Crippen LogP contribution in [-0.4, -0.2) is 67.7 Å². The fourth-order valence-corrected chi connectivity index (χ4v) is 7.19. The van der Waals surface area contributed by atoms with Crippen molar-refractivity contribution in [3.63, 3.8) is 0 Å². The third-order valence-corrected chi connectivity index (χ3v) is 8.91. The third kappa shape index (κ3) is 3.50. The zero-order valence-electron chi connectivity index (χ0n) is 18.8. The van der Waals surface area contributed by atoms with E-state index < -0.39 is 8.07 Å². The molecule has 29 heavy (non-hydrogen) atoms. The normalized spacial score (nSPS) is 24.4. The van der Waals surface area contributed by atoms with Gasteiger partial charge in [0.05, 0.1) is 8.07 Å². The van der Waals surface area contributed by atoms with Crippen LogP contribution in [0.1, 0.15) is 37.3 Å². The number of aromatic amines is 1. The van der Waals surface area contributed by atoms with E-state index in [4.69, 9.17) is 0 Å². The lowest BCUT2D eigenvalue weighted by Gasteiger charge is -2.46. The zero-order chi connectivity index (χ0) is 20.9. The first-order valence-electron chi connectivity index (χ1n) is 11.1. The first-order valence-corrected chi connectivity index (χ1v) is 14.6. The third-order valence-electron chi connectivity index (χ3n) is 6.98. The fourth-order valence-electron chi connectivity index (χ4n) is 5.55. The predicted molar refractivity (Wildman–Crippen MR) is 124 cm³/mol. The molecule has 1 saturated heterocycles. The minimum absolute atomic E-state index is 0.0734. The molecule has 1 aliphatic heterocycles. The van der Waals surface area contributed by atoms with Gasteiger partial charge in [-0.1, -0.05) is 31.8 Å². The highest BCUT2D eigenvalue weighted by molar-refractivity contribution is 6.88. The summed E-state index contributed by atoms with van der Waals surface area (Å²) in [5, 5.41) is 6.30. The van der Waals surface area contributed by atoms with Crippen LogP contribution in [0, 0.1) is 0 Å². The first kappa shape index (κ1) is 20.5. The molecule has 1 aliphatic carbocycles. The van der Waals surface area contributed by atoms with Crippen molar-refractivity contribution in [2.24, 2.45) is 0 Å². The van der Waals surface area contributed by atoms with E-state index in [2.05, 4.69) is 60.1 Å². The molecule has 2 aromatic rings. The number of likely N-dealkylation sites (tertiary alicyclic amines) is 1. The van der Waals surface area contributed by atoms with Gasteiger partial charge in [-0.2, -0.15) is 0 Å². The van der Waals surface area contributed by atoms with Gasteiger partial charge in [0.25, 0.3) is 0 Å². The van der Waals surface area contributed by atoms with Crippen LogP contribution in [0.5, 0.6) is 0 Å². The second-order valence-electron chi connectivity index (χ2n) is 9.87. The number of urea groups is 1. The molecule has 2 aliphatic rings. The van der Waals surface area contributed by atoms with Crippen LogP contribution in [0.25, 0.3) is 10.9 Å². The van der Waals surface area contributed by atoms with Gasteiger partial charge in [-0.25, -0.2) is 4.79 Å². The molecule has 2 N–H and O–H groups in total. The molecule has 2 amide bonds. The molecule has 1 aromatic carbocycles. The average Bonchev–Trinajstić information content (AvgIpc) is 3.04. The highest BCUT2D eigenvalue weighted by Gasteiger charge is 2.41. The van der Waals surface area contributed by atoms with E-state index in [1.807, 2.05) is 18.7 Å². The number of benzene rings is 1. The Labute approximate surface area is 175 Å². The number of rotatable bonds is 4. The lowest BCUT2D eigenvalue weighted by molar-refractivity contribution is 0.124. The molecule has 0 saturated carbocycles. The Balaban J connectivity index is 1.68. The van der Waals surface area contributed by atoms with Gasteiger partial charge in [0.2, 0.25) is 0 Å². The van der Waals surface area contributed by atoms with E-state index in [1.54, 1.807) is 5.56 Å². The summed E-state index contributed by atoms with van der Waals surface area (Å²) in [5.74, 6) is 0.470. The minimum atomic E-state index is -1.44. The summed E-state index contributed by atoms with van der Waals surface area (Å²) in [5.41, 5.74) is 4.34. The molecule has 0 spiro atoms. The number of fused-ring (bicyclic) bond motifs is 2. The monoisotopic (exact) mass is 412 g/mol. The lowest BCUT2D eigenvalue weighted by Crippen LogP contribution is -2.57. The molecule has 0 unspecified atom stereocenters. The fraction of sp³-hybridized carbons (Fsp3) is 0.609. The van der Waals surface area contributed by atoms with Gasteiger partial charge in [0, 0.05) is 53.9 Å². The van der Waals surface area contributed by atoms with Gasteiger partial charge in [0.15, 0.2) is 0 Å². The number of amides is 2. The average molecular weight is 413 g/mol. The van der Waals surface area contributed by atoms with Crippen molar-refractivity contribution in [1.82, 2.24) is 20.1 Å². The second-order valence-corrected chi connectivity index (χ2v) is 14.9. The van der Waals surface area contributed by atoms with Gasteiger partial charge < -0.3 is 20.1 Å². The van der Waals surface area contributed by atoms with Gasteiger partial charge in [0.1, 0.15) is 0 Å². The molecular formula is C23H36N4OSi. The highest BCUT2D eigenvalue weighted by atomic mass is 28.3. The molecule has 0 radical (unpaired) electrons.